The second kappa shape index (κ2) is 10.5. The van der Waals surface area contributed by atoms with Crippen LogP contribution in [0.4, 0.5) is 0 Å². The summed E-state index contributed by atoms with van der Waals surface area (Å²) in [4.78, 5) is 0. The molecule has 0 bridgehead atoms. The second-order valence-corrected chi connectivity index (χ2v) is 4.73. The smallest absolute Gasteiger partial charge is 0.122 e. The summed E-state index contributed by atoms with van der Waals surface area (Å²) in [5.74, 6) is 1.84. The molecule has 4 heteroatoms. The summed E-state index contributed by atoms with van der Waals surface area (Å²) in [5.41, 5.74) is 1.22. The molecular formula is C16H27NO3. The quantitative estimate of drug-likeness (QED) is 0.633. The van der Waals surface area contributed by atoms with E-state index in [2.05, 4.69) is 11.4 Å². The van der Waals surface area contributed by atoms with Crippen molar-refractivity contribution in [3.8, 4) is 11.5 Å². The van der Waals surface area contributed by atoms with Crippen molar-refractivity contribution in [2.24, 2.45) is 0 Å². The molecule has 0 radical (unpaired) electrons. The van der Waals surface area contributed by atoms with Crippen molar-refractivity contribution in [3.63, 3.8) is 0 Å². The molecule has 0 aliphatic heterocycles. The van der Waals surface area contributed by atoms with Crippen LogP contribution in [0.25, 0.3) is 0 Å². The lowest BCUT2D eigenvalue weighted by Crippen LogP contribution is -2.20. The Bertz CT molecular complexity index is 369. The zero-order valence-electron chi connectivity index (χ0n) is 12.9. The summed E-state index contributed by atoms with van der Waals surface area (Å²) in [6.45, 7) is 2.76. The van der Waals surface area contributed by atoms with Crippen LogP contribution in [-0.2, 0) is 11.2 Å². The largest absolute Gasteiger partial charge is 0.497 e. The van der Waals surface area contributed by atoms with Crippen LogP contribution in [0.2, 0.25) is 0 Å². The van der Waals surface area contributed by atoms with Gasteiger partial charge in [0, 0.05) is 13.7 Å². The Morgan fingerprint density at radius 1 is 0.950 bits per heavy atom. The van der Waals surface area contributed by atoms with Gasteiger partial charge in [0.05, 0.1) is 20.8 Å². The second-order valence-electron chi connectivity index (χ2n) is 4.73. The number of methoxy groups -OCH3 is 3. The zero-order valence-corrected chi connectivity index (χ0v) is 12.9. The normalized spacial score (nSPS) is 10.6. The molecule has 114 valence electrons. The maximum atomic E-state index is 5.39. The van der Waals surface area contributed by atoms with Gasteiger partial charge in [-0.2, -0.15) is 0 Å². The van der Waals surface area contributed by atoms with Gasteiger partial charge in [0.15, 0.2) is 0 Å². The average molecular weight is 281 g/mol. The van der Waals surface area contributed by atoms with Crippen LogP contribution in [0, 0.1) is 0 Å². The minimum atomic E-state index is 0.779. The number of ether oxygens (including phenoxy) is 3. The highest BCUT2D eigenvalue weighted by molar-refractivity contribution is 5.40. The van der Waals surface area contributed by atoms with Crippen molar-refractivity contribution in [1.29, 1.82) is 0 Å². The molecule has 0 fully saturated rings. The molecule has 20 heavy (non-hydrogen) atoms. The first kappa shape index (κ1) is 16.8. The molecule has 1 aromatic rings. The van der Waals surface area contributed by atoms with Gasteiger partial charge in [-0.25, -0.2) is 0 Å². The molecule has 4 nitrogen and oxygen atoms in total. The number of rotatable bonds is 11. The van der Waals surface area contributed by atoms with Crippen LogP contribution in [-0.4, -0.2) is 41.0 Å². The van der Waals surface area contributed by atoms with E-state index in [1.807, 2.05) is 12.1 Å². The molecule has 0 saturated heterocycles. The monoisotopic (exact) mass is 281 g/mol. The lowest BCUT2D eigenvalue weighted by atomic mass is 10.1. The summed E-state index contributed by atoms with van der Waals surface area (Å²) in [7, 11) is 5.13. The molecule has 1 aromatic carbocycles. The molecular weight excluding hydrogens is 254 g/mol. The minimum absolute atomic E-state index is 0.779. The van der Waals surface area contributed by atoms with Crippen LogP contribution >= 0.6 is 0 Å². The predicted molar refractivity (Wildman–Crippen MR) is 81.8 cm³/mol. The lowest BCUT2D eigenvalue weighted by Gasteiger charge is -2.10. The van der Waals surface area contributed by atoms with Gasteiger partial charge in [-0.15, -0.1) is 0 Å². The average Bonchev–Trinajstić information content (AvgIpc) is 2.49. The van der Waals surface area contributed by atoms with Gasteiger partial charge in [0.1, 0.15) is 11.5 Å². The Balaban J connectivity index is 2.24. The van der Waals surface area contributed by atoms with Crippen molar-refractivity contribution in [2.45, 2.75) is 25.7 Å². The van der Waals surface area contributed by atoms with Gasteiger partial charge >= 0.3 is 0 Å². The molecule has 1 rings (SSSR count). The van der Waals surface area contributed by atoms with E-state index in [4.69, 9.17) is 14.2 Å². The van der Waals surface area contributed by atoms with Crippen molar-refractivity contribution in [2.75, 3.05) is 41.0 Å². The summed E-state index contributed by atoms with van der Waals surface area (Å²) in [5, 5.41) is 3.36. The summed E-state index contributed by atoms with van der Waals surface area (Å²) in [6, 6.07) is 5.97. The fourth-order valence-corrected chi connectivity index (χ4v) is 2.12. The molecule has 0 amide bonds. The van der Waals surface area contributed by atoms with Crippen molar-refractivity contribution in [3.05, 3.63) is 23.8 Å². The fourth-order valence-electron chi connectivity index (χ4n) is 2.12. The van der Waals surface area contributed by atoms with Gasteiger partial charge in [-0.05, 0) is 49.6 Å². The lowest BCUT2D eigenvalue weighted by molar-refractivity contribution is 0.199. The molecule has 0 saturated carbocycles. The summed E-state index contributed by atoms with van der Waals surface area (Å²) >= 11 is 0. The first-order valence-corrected chi connectivity index (χ1v) is 7.22. The van der Waals surface area contributed by atoms with Crippen LogP contribution in [0.5, 0.6) is 11.5 Å². The molecule has 1 N–H and O–H groups in total. The van der Waals surface area contributed by atoms with Gasteiger partial charge in [0.2, 0.25) is 0 Å². The first-order valence-electron chi connectivity index (χ1n) is 7.22. The predicted octanol–water partition coefficient (Wildman–Crippen LogP) is 2.65. The van der Waals surface area contributed by atoms with Gasteiger partial charge in [0.25, 0.3) is 0 Å². The van der Waals surface area contributed by atoms with Crippen molar-refractivity contribution >= 4 is 0 Å². The molecule has 0 heterocycles. The summed E-state index contributed by atoms with van der Waals surface area (Å²) < 4.78 is 15.6. The Hall–Kier alpha value is -1.26. The third-order valence-corrected chi connectivity index (χ3v) is 3.27. The number of unbranched alkanes of at least 4 members (excludes halogenated alkanes) is 2. The number of nitrogens with one attached hydrogen (secondary N) is 1. The number of benzene rings is 1. The van der Waals surface area contributed by atoms with Gasteiger partial charge < -0.3 is 19.5 Å². The van der Waals surface area contributed by atoms with Gasteiger partial charge in [-0.3, -0.25) is 0 Å². The van der Waals surface area contributed by atoms with E-state index < -0.39 is 0 Å². The zero-order chi connectivity index (χ0) is 14.6. The highest BCUT2D eigenvalue weighted by Crippen LogP contribution is 2.25. The molecule has 0 atom stereocenters. The minimum Gasteiger partial charge on any atom is -0.497 e. The molecule has 0 spiro atoms. The van der Waals surface area contributed by atoms with Crippen LogP contribution in [0.3, 0.4) is 0 Å². The van der Waals surface area contributed by atoms with E-state index in [1.54, 1.807) is 21.3 Å². The van der Waals surface area contributed by atoms with E-state index in [1.165, 1.54) is 18.4 Å². The van der Waals surface area contributed by atoms with Crippen molar-refractivity contribution < 1.29 is 14.2 Å². The third kappa shape index (κ3) is 6.26. The van der Waals surface area contributed by atoms with Crippen molar-refractivity contribution in [1.82, 2.24) is 5.32 Å². The Morgan fingerprint density at radius 3 is 2.50 bits per heavy atom. The number of aryl methyl sites for hydroxylation is 1. The standard InChI is InChI=1S/C16H27NO3/c1-18-12-11-17-10-6-4-5-7-14-13-15(19-2)8-9-16(14)20-3/h8-9,13,17H,4-7,10-12H2,1-3H3. The van der Waals surface area contributed by atoms with E-state index in [0.29, 0.717) is 0 Å². The molecule has 0 aliphatic rings. The Kier molecular flexibility index (Phi) is 8.83. The van der Waals surface area contributed by atoms with E-state index >= 15 is 0 Å². The Morgan fingerprint density at radius 2 is 1.80 bits per heavy atom. The third-order valence-electron chi connectivity index (χ3n) is 3.27. The van der Waals surface area contributed by atoms with Gasteiger partial charge in [-0.1, -0.05) is 6.42 Å². The fraction of sp³-hybridized carbons (Fsp3) is 0.625. The van der Waals surface area contributed by atoms with Crippen LogP contribution in [0.15, 0.2) is 18.2 Å². The summed E-state index contributed by atoms with van der Waals surface area (Å²) in [6.07, 6.45) is 4.59. The first-order chi connectivity index (χ1) is 9.81. The highest BCUT2D eigenvalue weighted by atomic mass is 16.5. The maximum Gasteiger partial charge on any atom is 0.122 e. The maximum absolute atomic E-state index is 5.39. The molecule has 0 unspecified atom stereocenters. The molecule has 0 aromatic heterocycles. The number of hydrogen-bond acceptors (Lipinski definition) is 4. The number of hydrogen-bond donors (Lipinski definition) is 1. The molecule has 0 aliphatic carbocycles. The van der Waals surface area contributed by atoms with E-state index in [0.717, 1.165) is 44.0 Å². The van der Waals surface area contributed by atoms with Crippen LogP contribution < -0.4 is 14.8 Å². The highest BCUT2D eigenvalue weighted by Gasteiger charge is 2.04. The van der Waals surface area contributed by atoms with E-state index in [-0.39, 0.29) is 0 Å². The topological polar surface area (TPSA) is 39.7 Å². The Labute approximate surface area is 122 Å². The van der Waals surface area contributed by atoms with Crippen LogP contribution in [0.1, 0.15) is 24.8 Å². The van der Waals surface area contributed by atoms with E-state index in [9.17, 15) is 0 Å². The SMILES string of the molecule is COCCNCCCCCc1cc(OC)ccc1OC.